The standard InChI is InChI=1S/C11H22/c1-4-7-8-10-11(6-3)9-5-2/h8,10-11H,4-7,9H2,1-3H3. The molecule has 0 spiro atoms. The topological polar surface area (TPSA) is 0 Å². The molecule has 0 aromatic heterocycles. The lowest BCUT2D eigenvalue weighted by molar-refractivity contribution is 0.561. The van der Waals surface area contributed by atoms with Crippen molar-refractivity contribution in [3.05, 3.63) is 12.2 Å². The van der Waals surface area contributed by atoms with Crippen LogP contribution in [0.1, 0.15) is 52.9 Å². The normalized spacial score (nSPS) is 14.1. The van der Waals surface area contributed by atoms with Crippen LogP contribution in [0.25, 0.3) is 0 Å². The van der Waals surface area contributed by atoms with Crippen LogP contribution >= 0.6 is 0 Å². The van der Waals surface area contributed by atoms with Crippen LogP contribution in [0.3, 0.4) is 0 Å². The van der Waals surface area contributed by atoms with E-state index in [-0.39, 0.29) is 0 Å². The van der Waals surface area contributed by atoms with E-state index in [1.165, 1.54) is 32.1 Å². The molecule has 0 amide bonds. The SMILES string of the molecule is CCCC=CC(CC)CCC. The average molecular weight is 154 g/mol. The Bertz CT molecular complexity index is 92.2. The molecule has 0 aromatic carbocycles. The summed E-state index contributed by atoms with van der Waals surface area (Å²) in [6.07, 6.45) is 11.2. The third-order valence-electron chi connectivity index (χ3n) is 2.05. The lowest BCUT2D eigenvalue weighted by Gasteiger charge is -2.06. The first-order valence-corrected chi connectivity index (χ1v) is 5.01. The van der Waals surface area contributed by atoms with Crippen molar-refractivity contribution in [2.75, 3.05) is 0 Å². The van der Waals surface area contributed by atoms with Crippen LogP contribution in [-0.2, 0) is 0 Å². The predicted octanol–water partition coefficient (Wildman–Crippen LogP) is 4.17. The van der Waals surface area contributed by atoms with Gasteiger partial charge in [-0.1, -0.05) is 45.8 Å². The molecule has 0 bridgehead atoms. The minimum atomic E-state index is 0.839. The molecular weight excluding hydrogens is 132 g/mol. The Morgan fingerprint density at radius 1 is 1.09 bits per heavy atom. The minimum Gasteiger partial charge on any atom is -0.0883 e. The Labute approximate surface area is 71.7 Å². The van der Waals surface area contributed by atoms with Crippen molar-refractivity contribution in [2.24, 2.45) is 5.92 Å². The maximum Gasteiger partial charge on any atom is -0.0236 e. The molecule has 0 aliphatic rings. The molecule has 66 valence electrons. The quantitative estimate of drug-likeness (QED) is 0.504. The van der Waals surface area contributed by atoms with Gasteiger partial charge >= 0.3 is 0 Å². The fourth-order valence-corrected chi connectivity index (χ4v) is 1.26. The fourth-order valence-electron chi connectivity index (χ4n) is 1.26. The molecule has 0 rings (SSSR count). The van der Waals surface area contributed by atoms with Crippen LogP contribution in [0.4, 0.5) is 0 Å². The maximum atomic E-state index is 2.40. The van der Waals surface area contributed by atoms with Gasteiger partial charge in [0.25, 0.3) is 0 Å². The molecule has 0 nitrogen and oxygen atoms in total. The highest BCUT2D eigenvalue weighted by molar-refractivity contribution is 4.87. The van der Waals surface area contributed by atoms with Crippen molar-refractivity contribution in [1.29, 1.82) is 0 Å². The van der Waals surface area contributed by atoms with Crippen LogP contribution in [0.5, 0.6) is 0 Å². The molecule has 0 saturated carbocycles. The van der Waals surface area contributed by atoms with Gasteiger partial charge in [0, 0.05) is 0 Å². The molecule has 1 atom stereocenters. The zero-order valence-corrected chi connectivity index (χ0v) is 8.27. The highest BCUT2D eigenvalue weighted by Crippen LogP contribution is 2.12. The van der Waals surface area contributed by atoms with E-state index in [1.807, 2.05) is 0 Å². The van der Waals surface area contributed by atoms with Gasteiger partial charge in [0.1, 0.15) is 0 Å². The van der Waals surface area contributed by atoms with Gasteiger partial charge in [-0.3, -0.25) is 0 Å². The summed E-state index contributed by atoms with van der Waals surface area (Å²) in [5.74, 6) is 0.839. The van der Waals surface area contributed by atoms with Crippen molar-refractivity contribution in [3.63, 3.8) is 0 Å². The predicted molar refractivity (Wildman–Crippen MR) is 52.7 cm³/mol. The lowest BCUT2D eigenvalue weighted by Crippen LogP contribution is -1.92. The second kappa shape index (κ2) is 7.84. The molecule has 0 aliphatic carbocycles. The van der Waals surface area contributed by atoms with E-state index in [9.17, 15) is 0 Å². The summed E-state index contributed by atoms with van der Waals surface area (Å²) < 4.78 is 0. The third kappa shape index (κ3) is 6.15. The van der Waals surface area contributed by atoms with Crippen molar-refractivity contribution in [3.8, 4) is 0 Å². The zero-order chi connectivity index (χ0) is 8.53. The Kier molecular flexibility index (Phi) is 7.66. The molecule has 0 fully saturated rings. The molecule has 0 heteroatoms. The van der Waals surface area contributed by atoms with E-state index >= 15 is 0 Å². The smallest absolute Gasteiger partial charge is 0.0236 e. The van der Waals surface area contributed by atoms with E-state index in [4.69, 9.17) is 0 Å². The maximum absolute atomic E-state index is 2.40. The van der Waals surface area contributed by atoms with Gasteiger partial charge in [-0.2, -0.15) is 0 Å². The summed E-state index contributed by atoms with van der Waals surface area (Å²) >= 11 is 0. The van der Waals surface area contributed by atoms with Gasteiger partial charge in [-0.05, 0) is 25.2 Å². The van der Waals surface area contributed by atoms with Crippen LogP contribution in [0.15, 0.2) is 12.2 Å². The largest absolute Gasteiger partial charge is 0.0883 e. The summed E-state index contributed by atoms with van der Waals surface area (Å²) in [6, 6.07) is 0. The average Bonchev–Trinajstić information content (AvgIpc) is 2.03. The molecule has 0 radical (unpaired) electrons. The molecule has 0 aromatic rings. The Hall–Kier alpha value is -0.260. The molecule has 0 N–H and O–H groups in total. The first-order chi connectivity index (χ1) is 5.35. The van der Waals surface area contributed by atoms with Gasteiger partial charge in [0.15, 0.2) is 0 Å². The summed E-state index contributed by atoms with van der Waals surface area (Å²) in [7, 11) is 0. The second-order valence-electron chi connectivity index (χ2n) is 3.17. The molecule has 0 aliphatic heterocycles. The lowest BCUT2D eigenvalue weighted by atomic mass is 10.00. The highest BCUT2D eigenvalue weighted by atomic mass is 14.0. The van der Waals surface area contributed by atoms with E-state index in [0.717, 1.165) is 5.92 Å². The first kappa shape index (κ1) is 10.7. The van der Waals surface area contributed by atoms with E-state index in [1.54, 1.807) is 0 Å². The van der Waals surface area contributed by atoms with Crippen LogP contribution < -0.4 is 0 Å². The van der Waals surface area contributed by atoms with E-state index in [0.29, 0.717) is 0 Å². The summed E-state index contributed by atoms with van der Waals surface area (Å²) in [5.41, 5.74) is 0. The second-order valence-corrected chi connectivity index (χ2v) is 3.17. The van der Waals surface area contributed by atoms with Crippen LogP contribution in [0.2, 0.25) is 0 Å². The number of allylic oxidation sites excluding steroid dienone is 2. The Morgan fingerprint density at radius 2 is 1.82 bits per heavy atom. The molecule has 1 unspecified atom stereocenters. The van der Waals surface area contributed by atoms with Crippen molar-refractivity contribution < 1.29 is 0 Å². The number of hydrogen-bond donors (Lipinski definition) is 0. The van der Waals surface area contributed by atoms with E-state index in [2.05, 4.69) is 32.9 Å². The summed E-state index contributed by atoms with van der Waals surface area (Å²) in [5, 5.41) is 0. The first-order valence-electron chi connectivity index (χ1n) is 5.01. The van der Waals surface area contributed by atoms with Crippen molar-refractivity contribution >= 4 is 0 Å². The summed E-state index contributed by atoms with van der Waals surface area (Å²) in [4.78, 5) is 0. The van der Waals surface area contributed by atoms with Gasteiger partial charge in [-0.25, -0.2) is 0 Å². The molecule has 0 saturated heterocycles. The molecular formula is C11H22. The summed E-state index contributed by atoms with van der Waals surface area (Å²) in [6.45, 7) is 6.76. The van der Waals surface area contributed by atoms with Gasteiger partial charge < -0.3 is 0 Å². The van der Waals surface area contributed by atoms with Crippen molar-refractivity contribution in [2.45, 2.75) is 52.9 Å². The zero-order valence-electron chi connectivity index (χ0n) is 8.27. The monoisotopic (exact) mass is 154 g/mol. The van der Waals surface area contributed by atoms with Gasteiger partial charge in [0.05, 0.1) is 0 Å². The van der Waals surface area contributed by atoms with Gasteiger partial charge in [-0.15, -0.1) is 0 Å². The Morgan fingerprint density at radius 3 is 2.27 bits per heavy atom. The van der Waals surface area contributed by atoms with Gasteiger partial charge in [0.2, 0.25) is 0 Å². The van der Waals surface area contributed by atoms with Crippen LogP contribution in [0, 0.1) is 5.92 Å². The molecule has 11 heavy (non-hydrogen) atoms. The van der Waals surface area contributed by atoms with E-state index < -0.39 is 0 Å². The number of unbranched alkanes of at least 4 members (excludes halogenated alkanes) is 1. The highest BCUT2D eigenvalue weighted by Gasteiger charge is 1.97. The molecule has 0 heterocycles. The minimum absolute atomic E-state index is 0.839. The fraction of sp³-hybridized carbons (Fsp3) is 0.818. The Balaban J connectivity index is 3.49. The third-order valence-corrected chi connectivity index (χ3v) is 2.05. The number of rotatable bonds is 6. The number of hydrogen-bond acceptors (Lipinski definition) is 0. The van der Waals surface area contributed by atoms with Crippen LogP contribution in [-0.4, -0.2) is 0 Å². The van der Waals surface area contributed by atoms with Crippen molar-refractivity contribution in [1.82, 2.24) is 0 Å².